The minimum Gasteiger partial charge on any atom is -0.383 e. The van der Waals surface area contributed by atoms with Crippen LogP contribution < -0.4 is 5.32 Å². The van der Waals surface area contributed by atoms with Gasteiger partial charge in [-0.15, -0.1) is 0 Å². The van der Waals surface area contributed by atoms with Crippen molar-refractivity contribution in [2.75, 3.05) is 27.8 Å². The van der Waals surface area contributed by atoms with Gasteiger partial charge in [0.25, 0.3) is 0 Å². The molecule has 0 fully saturated rings. The first-order valence-electron chi connectivity index (χ1n) is 3.54. The van der Waals surface area contributed by atoms with Crippen molar-refractivity contribution in [1.29, 1.82) is 0 Å². The topological polar surface area (TPSA) is 24.5 Å². The highest BCUT2D eigenvalue weighted by atomic mass is 32.1. The lowest BCUT2D eigenvalue weighted by molar-refractivity contribution is 0.178. The second-order valence-electron chi connectivity index (χ2n) is 2.70. The van der Waals surface area contributed by atoms with Crippen molar-refractivity contribution in [2.45, 2.75) is 13.0 Å². The van der Waals surface area contributed by atoms with E-state index in [-0.39, 0.29) is 6.04 Å². The van der Waals surface area contributed by atoms with Gasteiger partial charge in [-0.2, -0.15) is 0 Å². The van der Waals surface area contributed by atoms with E-state index in [0.29, 0.717) is 6.61 Å². The number of hydrogen-bond donors (Lipinski definition) is 1. The van der Waals surface area contributed by atoms with E-state index < -0.39 is 0 Å². The molecule has 0 aromatic rings. The van der Waals surface area contributed by atoms with Crippen LogP contribution in [-0.4, -0.2) is 43.9 Å². The Morgan fingerprint density at radius 3 is 2.55 bits per heavy atom. The smallest absolute Gasteiger partial charge is 0.168 e. The molecule has 0 amide bonds. The largest absolute Gasteiger partial charge is 0.383 e. The lowest BCUT2D eigenvalue weighted by Crippen LogP contribution is -2.41. The summed E-state index contributed by atoms with van der Waals surface area (Å²) < 4.78 is 4.94. The van der Waals surface area contributed by atoms with Gasteiger partial charge in [0.2, 0.25) is 0 Å². The van der Waals surface area contributed by atoms with Crippen molar-refractivity contribution < 1.29 is 4.74 Å². The number of methoxy groups -OCH3 is 1. The van der Waals surface area contributed by atoms with Crippen LogP contribution >= 0.6 is 12.2 Å². The molecule has 4 heteroatoms. The number of ether oxygens (including phenoxy) is 1. The standard InChI is InChI=1S/C7H16N2OS/c1-6(5-10-4)8-7(11)9(2)3/h6H,5H2,1-4H3,(H,8,11). The number of rotatable bonds is 3. The zero-order valence-corrected chi connectivity index (χ0v) is 8.36. The number of hydrogen-bond acceptors (Lipinski definition) is 2. The zero-order valence-electron chi connectivity index (χ0n) is 7.55. The van der Waals surface area contributed by atoms with Crippen molar-refractivity contribution in [3.05, 3.63) is 0 Å². The highest BCUT2D eigenvalue weighted by Gasteiger charge is 2.03. The molecule has 0 rings (SSSR count). The third-order valence-corrected chi connectivity index (χ3v) is 1.68. The minimum absolute atomic E-state index is 0.273. The fourth-order valence-electron chi connectivity index (χ4n) is 0.632. The Morgan fingerprint density at radius 2 is 2.18 bits per heavy atom. The zero-order chi connectivity index (χ0) is 8.85. The van der Waals surface area contributed by atoms with Crippen LogP contribution in [0.3, 0.4) is 0 Å². The average Bonchev–Trinajstić information content (AvgIpc) is 1.87. The molecule has 0 bridgehead atoms. The lowest BCUT2D eigenvalue weighted by Gasteiger charge is -2.19. The summed E-state index contributed by atoms with van der Waals surface area (Å²) in [5, 5.41) is 3.86. The summed E-state index contributed by atoms with van der Waals surface area (Å²) in [5.74, 6) is 0. The molecule has 0 radical (unpaired) electrons. The van der Waals surface area contributed by atoms with E-state index in [1.54, 1.807) is 7.11 Å². The van der Waals surface area contributed by atoms with Crippen LogP contribution in [0, 0.1) is 0 Å². The molecule has 0 aliphatic rings. The van der Waals surface area contributed by atoms with E-state index in [2.05, 4.69) is 5.32 Å². The Bertz CT molecular complexity index is 128. The maximum absolute atomic E-state index is 5.03. The van der Waals surface area contributed by atoms with E-state index in [9.17, 15) is 0 Å². The third kappa shape index (κ3) is 4.98. The molecule has 0 aromatic carbocycles. The third-order valence-electron chi connectivity index (χ3n) is 1.19. The van der Waals surface area contributed by atoms with Gasteiger partial charge in [0.1, 0.15) is 0 Å². The summed E-state index contributed by atoms with van der Waals surface area (Å²) in [6, 6.07) is 0.273. The predicted molar refractivity (Wildman–Crippen MR) is 50.8 cm³/mol. The summed E-state index contributed by atoms with van der Waals surface area (Å²) >= 11 is 5.03. The van der Waals surface area contributed by atoms with Gasteiger partial charge in [-0.05, 0) is 19.1 Å². The first-order valence-corrected chi connectivity index (χ1v) is 3.95. The molecule has 0 saturated carbocycles. The van der Waals surface area contributed by atoms with Crippen LogP contribution in [0.15, 0.2) is 0 Å². The van der Waals surface area contributed by atoms with Gasteiger partial charge in [0.05, 0.1) is 6.61 Å². The van der Waals surface area contributed by atoms with Gasteiger partial charge in [-0.3, -0.25) is 0 Å². The van der Waals surface area contributed by atoms with Crippen molar-refractivity contribution in [2.24, 2.45) is 0 Å². The van der Waals surface area contributed by atoms with E-state index in [4.69, 9.17) is 17.0 Å². The molecule has 0 heterocycles. The first kappa shape index (κ1) is 10.7. The maximum atomic E-state index is 5.03. The predicted octanol–water partition coefficient (Wildman–Crippen LogP) is 0.457. The molecule has 1 unspecified atom stereocenters. The fourth-order valence-corrected chi connectivity index (χ4v) is 0.833. The van der Waals surface area contributed by atoms with Crippen LogP contribution in [0.25, 0.3) is 0 Å². The molecule has 3 nitrogen and oxygen atoms in total. The van der Waals surface area contributed by atoms with Gasteiger partial charge in [-0.1, -0.05) is 0 Å². The number of nitrogens with one attached hydrogen (secondary N) is 1. The van der Waals surface area contributed by atoms with Gasteiger partial charge in [0, 0.05) is 27.2 Å². The summed E-state index contributed by atoms with van der Waals surface area (Å²) in [4.78, 5) is 1.86. The Kier molecular flexibility index (Phi) is 5.15. The molecule has 0 spiro atoms. The molecule has 1 atom stereocenters. The van der Waals surface area contributed by atoms with Crippen LogP contribution in [0.4, 0.5) is 0 Å². The molecular formula is C7H16N2OS. The highest BCUT2D eigenvalue weighted by molar-refractivity contribution is 7.80. The maximum Gasteiger partial charge on any atom is 0.168 e. The molecule has 0 aromatic heterocycles. The van der Waals surface area contributed by atoms with E-state index >= 15 is 0 Å². The average molecular weight is 176 g/mol. The lowest BCUT2D eigenvalue weighted by atomic mass is 10.4. The van der Waals surface area contributed by atoms with E-state index in [0.717, 1.165) is 5.11 Å². The van der Waals surface area contributed by atoms with Crippen LogP contribution in [0.5, 0.6) is 0 Å². The second-order valence-corrected chi connectivity index (χ2v) is 3.09. The normalized spacial score (nSPS) is 12.4. The molecular weight excluding hydrogens is 160 g/mol. The Labute approximate surface area is 73.7 Å². The second kappa shape index (κ2) is 5.32. The molecule has 0 aliphatic carbocycles. The highest BCUT2D eigenvalue weighted by Crippen LogP contribution is 1.85. The summed E-state index contributed by atoms with van der Waals surface area (Å²) in [6.45, 7) is 2.70. The van der Waals surface area contributed by atoms with Crippen LogP contribution in [-0.2, 0) is 4.74 Å². The first-order chi connectivity index (χ1) is 5.07. The summed E-state index contributed by atoms with van der Waals surface area (Å²) in [7, 11) is 5.50. The van der Waals surface area contributed by atoms with Crippen molar-refractivity contribution in [3.8, 4) is 0 Å². The van der Waals surface area contributed by atoms with Gasteiger partial charge in [0.15, 0.2) is 5.11 Å². The van der Waals surface area contributed by atoms with Gasteiger partial charge >= 0.3 is 0 Å². The Balaban J connectivity index is 3.57. The molecule has 11 heavy (non-hydrogen) atoms. The minimum atomic E-state index is 0.273. The van der Waals surface area contributed by atoms with E-state index in [1.165, 1.54) is 0 Å². The van der Waals surface area contributed by atoms with Gasteiger partial charge in [-0.25, -0.2) is 0 Å². The Hall–Kier alpha value is -0.350. The summed E-state index contributed by atoms with van der Waals surface area (Å²) in [6.07, 6.45) is 0. The van der Waals surface area contributed by atoms with Crippen LogP contribution in [0.1, 0.15) is 6.92 Å². The quantitative estimate of drug-likeness (QED) is 0.631. The van der Waals surface area contributed by atoms with Crippen LogP contribution in [0.2, 0.25) is 0 Å². The number of thiocarbonyl (C=S) groups is 1. The monoisotopic (exact) mass is 176 g/mol. The molecule has 0 saturated heterocycles. The number of nitrogens with zero attached hydrogens (tertiary/aromatic N) is 1. The van der Waals surface area contributed by atoms with Crippen molar-refractivity contribution in [3.63, 3.8) is 0 Å². The Morgan fingerprint density at radius 1 is 1.64 bits per heavy atom. The van der Waals surface area contributed by atoms with Crippen molar-refractivity contribution >= 4 is 17.3 Å². The molecule has 66 valence electrons. The molecule has 0 aliphatic heterocycles. The molecule has 1 N–H and O–H groups in total. The van der Waals surface area contributed by atoms with E-state index in [1.807, 2.05) is 25.9 Å². The fraction of sp³-hybridized carbons (Fsp3) is 0.857. The van der Waals surface area contributed by atoms with Gasteiger partial charge < -0.3 is 15.0 Å². The summed E-state index contributed by atoms with van der Waals surface area (Å²) in [5.41, 5.74) is 0. The van der Waals surface area contributed by atoms with Crippen molar-refractivity contribution in [1.82, 2.24) is 10.2 Å². The SMILES string of the molecule is COCC(C)NC(=S)N(C)C.